The van der Waals surface area contributed by atoms with Crippen LogP contribution in [0, 0.1) is 0 Å². The summed E-state index contributed by atoms with van der Waals surface area (Å²) in [7, 11) is -3.55. The third kappa shape index (κ3) is 5.26. The Kier molecular flexibility index (Phi) is 6.75. The molecular weight excluding hydrogens is 468 g/mol. The fourth-order valence-corrected chi connectivity index (χ4v) is 4.97. The number of pyridine rings is 1. The molecule has 3 heterocycles. The summed E-state index contributed by atoms with van der Waals surface area (Å²) in [6.45, 7) is 13.1. The average molecular weight is 499 g/mol. The summed E-state index contributed by atoms with van der Waals surface area (Å²) >= 11 is 0. The SMILES string of the molecule is C=NN(C=C(C)c1nccc(Nc2cc3c(cn2)c(OC(C)C)nn3C(C)C)n1)S(=O)(=O)C1CC1. The molecule has 0 amide bonds. The second-order valence-corrected chi connectivity index (χ2v) is 11.0. The van der Waals surface area contributed by atoms with Gasteiger partial charge in [-0.3, -0.25) is 4.68 Å². The van der Waals surface area contributed by atoms with Crippen molar-refractivity contribution in [1.82, 2.24) is 29.1 Å². The number of nitrogens with zero attached hydrogens (tertiary/aromatic N) is 7. The number of rotatable bonds is 10. The van der Waals surface area contributed by atoms with Gasteiger partial charge in [0.1, 0.15) is 11.6 Å². The lowest BCUT2D eigenvalue weighted by atomic mass is 10.3. The maximum absolute atomic E-state index is 12.5. The molecule has 0 atom stereocenters. The van der Waals surface area contributed by atoms with E-state index in [9.17, 15) is 8.42 Å². The lowest BCUT2D eigenvalue weighted by molar-refractivity contribution is 0.231. The number of hydrazone groups is 1. The third-order valence-electron chi connectivity index (χ3n) is 5.31. The largest absolute Gasteiger partial charge is 0.473 e. The Labute approximate surface area is 205 Å². The quantitative estimate of drug-likeness (QED) is 0.327. The van der Waals surface area contributed by atoms with E-state index in [2.05, 4.69) is 51.0 Å². The zero-order valence-corrected chi connectivity index (χ0v) is 21.3. The molecule has 1 N–H and O–H groups in total. The van der Waals surface area contributed by atoms with Gasteiger partial charge < -0.3 is 10.1 Å². The van der Waals surface area contributed by atoms with E-state index in [1.165, 1.54) is 6.20 Å². The molecule has 12 heteroatoms. The van der Waals surface area contributed by atoms with E-state index in [-0.39, 0.29) is 12.1 Å². The number of hydrogen-bond donors (Lipinski definition) is 1. The highest BCUT2D eigenvalue weighted by molar-refractivity contribution is 7.90. The number of hydrogen-bond acceptors (Lipinski definition) is 9. The number of sulfonamides is 1. The van der Waals surface area contributed by atoms with Gasteiger partial charge in [0.25, 0.3) is 10.0 Å². The molecule has 0 radical (unpaired) electrons. The summed E-state index contributed by atoms with van der Waals surface area (Å²) in [6.07, 6.45) is 5.97. The maximum Gasteiger partial charge on any atom is 0.256 e. The van der Waals surface area contributed by atoms with Gasteiger partial charge in [-0.25, -0.2) is 23.4 Å². The maximum atomic E-state index is 12.5. The summed E-state index contributed by atoms with van der Waals surface area (Å²) in [4.78, 5) is 13.3. The molecule has 0 saturated heterocycles. The Morgan fingerprint density at radius 2 is 2.03 bits per heavy atom. The van der Waals surface area contributed by atoms with Crippen LogP contribution >= 0.6 is 0 Å². The zero-order valence-electron chi connectivity index (χ0n) is 20.5. The predicted molar refractivity (Wildman–Crippen MR) is 136 cm³/mol. The first-order valence-corrected chi connectivity index (χ1v) is 12.9. The molecule has 1 saturated carbocycles. The minimum Gasteiger partial charge on any atom is -0.473 e. The first-order chi connectivity index (χ1) is 16.6. The zero-order chi connectivity index (χ0) is 25.3. The molecule has 4 rings (SSSR count). The second-order valence-electron chi connectivity index (χ2n) is 8.96. The molecule has 0 aliphatic heterocycles. The van der Waals surface area contributed by atoms with Crippen LogP contribution < -0.4 is 10.1 Å². The molecule has 1 aliphatic carbocycles. The van der Waals surface area contributed by atoms with Gasteiger partial charge in [-0.15, -0.1) is 5.10 Å². The Bertz CT molecular complexity index is 1380. The van der Waals surface area contributed by atoms with Crippen LogP contribution in [-0.4, -0.2) is 55.6 Å². The molecule has 0 aromatic carbocycles. The van der Waals surface area contributed by atoms with Gasteiger partial charge in [-0.05, 0) is 53.5 Å². The fourth-order valence-electron chi connectivity index (χ4n) is 3.46. The van der Waals surface area contributed by atoms with Gasteiger partial charge in [-0.2, -0.15) is 9.52 Å². The average Bonchev–Trinajstić information content (AvgIpc) is 3.61. The first kappa shape index (κ1) is 24.6. The topological polar surface area (TPSA) is 127 Å². The van der Waals surface area contributed by atoms with E-state index in [4.69, 9.17) is 4.74 Å². The van der Waals surface area contributed by atoms with Crippen molar-refractivity contribution < 1.29 is 13.2 Å². The van der Waals surface area contributed by atoms with Crippen molar-refractivity contribution in [2.24, 2.45) is 5.10 Å². The molecule has 3 aromatic heterocycles. The van der Waals surface area contributed by atoms with Crippen LogP contribution in [0.4, 0.5) is 11.6 Å². The number of fused-ring (bicyclic) bond motifs is 1. The van der Waals surface area contributed by atoms with Crippen molar-refractivity contribution in [3.63, 3.8) is 0 Å². The van der Waals surface area contributed by atoms with E-state index in [1.54, 1.807) is 25.4 Å². The molecule has 0 bridgehead atoms. The summed E-state index contributed by atoms with van der Waals surface area (Å²) in [6, 6.07) is 3.73. The van der Waals surface area contributed by atoms with Crippen molar-refractivity contribution in [2.75, 3.05) is 5.32 Å². The van der Waals surface area contributed by atoms with E-state index in [1.807, 2.05) is 24.6 Å². The molecule has 0 spiro atoms. The lowest BCUT2D eigenvalue weighted by Gasteiger charge is -2.15. The predicted octanol–water partition coefficient (Wildman–Crippen LogP) is 4.10. The van der Waals surface area contributed by atoms with Gasteiger partial charge in [0.15, 0.2) is 5.82 Å². The first-order valence-electron chi connectivity index (χ1n) is 11.4. The smallest absolute Gasteiger partial charge is 0.256 e. The van der Waals surface area contributed by atoms with E-state index in [0.717, 1.165) is 15.3 Å². The van der Waals surface area contributed by atoms with Gasteiger partial charge in [0.2, 0.25) is 5.88 Å². The van der Waals surface area contributed by atoms with E-state index < -0.39 is 15.3 Å². The van der Waals surface area contributed by atoms with Crippen LogP contribution in [0.15, 0.2) is 35.8 Å². The summed E-state index contributed by atoms with van der Waals surface area (Å²) in [5.74, 6) is 1.99. The van der Waals surface area contributed by atoms with Crippen molar-refractivity contribution in [3.8, 4) is 5.88 Å². The van der Waals surface area contributed by atoms with Gasteiger partial charge >= 0.3 is 0 Å². The minimum atomic E-state index is -3.55. The normalized spacial score (nSPS) is 14.5. The van der Waals surface area contributed by atoms with Crippen molar-refractivity contribution in [3.05, 3.63) is 36.6 Å². The highest BCUT2D eigenvalue weighted by Crippen LogP contribution is 2.32. The van der Waals surface area contributed by atoms with Crippen molar-refractivity contribution in [2.45, 2.75) is 64.9 Å². The number of allylic oxidation sites excluding steroid dienone is 1. The standard InChI is InChI=1S/C23H30N8O3S/c1-14(2)31-19-11-21(26-12-18(19)23(29-31)34-15(3)4)27-20-9-10-25-22(28-20)16(5)13-30(24-6)35(32,33)17-7-8-17/h9-15,17H,6-8H2,1-5H3,(H,25,26,27,28). The Balaban J connectivity index is 1.61. The molecule has 1 fully saturated rings. The summed E-state index contributed by atoms with van der Waals surface area (Å²) < 4.78 is 33.7. The Hall–Kier alpha value is -3.54. The molecule has 1 aliphatic rings. The third-order valence-corrected chi connectivity index (χ3v) is 7.36. The van der Waals surface area contributed by atoms with Crippen LogP contribution in [0.5, 0.6) is 5.88 Å². The Morgan fingerprint density at radius 3 is 2.66 bits per heavy atom. The van der Waals surface area contributed by atoms with Crippen molar-refractivity contribution >= 4 is 44.9 Å². The fraction of sp³-hybridized carbons (Fsp3) is 0.435. The van der Waals surface area contributed by atoms with Crippen LogP contribution in [0.1, 0.15) is 59.3 Å². The molecule has 35 heavy (non-hydrogen) atoms. The van der Waals surface area contributed by atoms with Gasteiger partial charge in [0, 0.05) is 43.0 Å². The van der Waals surface area contributed by atoms with Crippen LogP contribution in [-0.2, 0) is 10.0 Å². The molecular formula is C23H30N8O3S. The molecule has 0 unspecified atom stereocenters. The lowest BCUT2D eigenvalue weighted by Crippen LogP contribution is -2.24. The highest BCUT2D eigenvalue weighted by Gasteiger charge is 2.39. The second kappa shape index (κ2) is 9.61. The minimum absolute atomic E-state index is 0.00581. The molecule has 186 valence electrons. The van der Waals surface area contributed by atoms with Crippen LogP contribution in [0.3, 0.4) is 0 Å². The van der Waals surface area contributed by atoms with Gasteiger partial charge in [0.05, 0.1) is 22.3 Å². The van der Waals surface area contributed by atoms with Crippen molar-refractivity contribution in [1.29, 1.82) is 0 Å². The number of aromatic nitrogens is 5. The molecule has 11 nitrogen and oxygen atoms in total. The monoisotopic (exact) mass is 498 g/mol. The Morgan fingerprint density at radius 1 is 1.29 bits per heavy atom. The van der Waals surface area contributed by atoms with Gasteiger partial charge in [-0.1, -0.05) is 0 Å². The summed E-state index contributed by atoms with van der Waals surface area (Å²) in [5, 5.41) is 11.9. The van der Waals surface area contributed by atoms with Crippen LogP contribution in [0.2, 0.25) is 0 Å². The highest BCUT2D eigenvalue weighted by atomic mass is 32.2. The van der Waals surface area contributed by atoms with Crippen LogP contribution in [0.25, 0.3) is 16.5 Å². The van der Waals surface area contributed by atoms with E-state index >= 15 is 0 Å². The number of ether oxygens (including phenoxy) is 1. The molecule has 3 aromatic rings. The number of nitrogens with one attached hydrogen (secondary N) is 1. The summed E-state index contributed by atoms with van der Waals surface area (Å²) in [5.41, 5.74) is 1.42. The number of anilines is 2. The van der Waals surface area contributed by atoms with E-state index in [0.29, 0.717) is 41.8 Å².